The molecule has 1 heterocycles. The molecule has 0 aromatic heterocycles. The summed E-state index contributed by atoms with van der Waals surface area (Å²) in [6, 6.07) is 0. The van der Waals surface area contributed by atoms with Crippen LogP contribution in [0.1, 0.15) is 6.92 Å². The molecular formula is C8H14O4. The molecule has 0 saturated carbocycles. The third-order valence-corrected chi connectivity index (χ3v) is 1.11. The molecule has 0 unspecified atom stereocenters. The predicted molar refractivity (Wildman–Crippen MR) is 44.1 cm³/mol. The Hall–Kier alpha value is -0.870. The van der Waals surface area contributed by atoms with Crippen molar-refractivity contribution in [3.05, 3.63) is 12.2 Å². The first-order valence-electron chi connectivity index (χ1n) is 3.69. The molecule has 1 rings (SSSR count). The van der Waals surface area contributed by atoms with Gasteiger partial charge in [-0.1, -0.05) is 6.58 Å². The maximum Gasteiger partial charge on any atom is 0.330 e. The van der Waals surface area contributed by atoms with E-state index in [0.717, 1.165) is 26.4 Å². The number of ether oxygens (including phenoxy) is 2. The molecule has 0 radical (unpaired) electrons. The maximum absolute atomic E-state index is 9.60. The van der Waals surface area contributed by atoms with E-state index >= 15 is 0 Å². The number of aliphatic carboxylic acids is 1. The van der Waals surface area contributed by atoms with Crippen LogP contribution in [0.25, 0.3) is 0 Å². The lowest BCUT2D eigenvalue weighted by Gasteiger charge is -2.09. The van der Waals surface area contributed by atoms with Gasteiger partial charge in [0.25, 0.3) is 0 Å². The Labute approximate surface area is 71.8 Å². The summed E-state index contributed by atoms with van der Waals surface area (Å²) in [7, 11) is 0. The highest BCUT2D eigenvalue weighted by atomic mass is 16.6. The van der Waals surface area contributed by atoms with Crippen molar-refractivity contribution in [2.24, 2.45) is 0 Å². The third-order valence-electron chi connectivity index (χ3n) is 1.11. The molecule has 0 atom stereocenters. The van der Waals surface area contributed by atoms with Crippen molar-refractivity contribution in [1.82, 2.24) is 0 Å². The lowest BCUT2D eigenvalue weighted by atomic mass is 10.4. The fourth-order valence-electron chi connectivity index (χ4n) is 0.440. The molecule has 4 heteroatoms. The van der Waals surface area contributed by atoms with Crippen molar-refractivity contribution in [3.63, 3.8) is 0 Å². The smallest absolute Gasteiger partial charge is 0.330 e. The van der Waals surface area contributed by atoms with Crippen molar-refractivity contribution in [2.75, 3.05) is 26.4 Å². The van der Waals surface area contributed by atoms with Crippen LogP contribution in [0.15, 0.2) is 12.2 Å². The van der Waals surface area contributed by atoms with E-state index in [1.807, 2.05) is 0 Å². The molecule has 4 nitrogen and oxygen atoms in total. The van der Waals surface area contributed by atoms with E-state index in [4.69, 9.17) is 14.6 Å². The highest BCUT2D eigenvalue weighted by Gasteiger charge is 1.94. The zero-order chi connectivity index (χ0) is 9.40. The molecule has 1 aliphatic rings. The van der Waals surface area contributed by atoms with Gasteiger partial charge in [0.2, 0.25) is 0 Å². The Balaban J connectivity index is 0.000000202. The van der Waals surface area contributed by atoms with Crippen LogP contribution in [0.4, 0.5) is 0 Å². The van der Waals surface area contributed by atoms with Gasteiger partial charge in [0.05, 0.1) is 26.4 Å². The zero-order valence-corrected chi connectivity index (χ0v) is 7.21. The normalized spacial score (nSPS) is 15.8. The van der Waals surface area contributed by atoms with Gasteiger partial charge in [-0.25, -0.2) is 4.79 Å². The van der Waals surface area contributed by atoms with Crippen molar-refractivity contribution in [3.8, 4) is 0 Å². The first kappa shape index (κ1) is 11.1. The molecule has 0 aromatic rings. The van der Waals surface area contributed by atoms with Crippen LogP contribution in [0.2, 0.25) is 0 Å². The van der Waals surface area contributed by atoms with Crippen LogP contribution >= 0.6 is 0 Å². The summed E-state index contributed by atoms with van der Waals surface area (Å²) in [6.45, 7) is 7.71. The minimum absolute atomic E-state index is 0.176. The molecule has 0 bridgehead atoms. The Morgan fingerprint density at radius 3 is 1.58 bits per heavy atom. The van der Waals surface area contributed by atoms with E-state index < -0.39 is 5.97 Å². The monoisotopic (exact) mass is 174 g/mol. The van der Waals surface area contributed by atoms with Crippen molar-refractivity contribution in [2.45, 2.75) is 6.92 Å². The second-order valence-corrected chi connectivity index (χ2v) is 2.31. The van der Waals surface area contributed by atoms with Crippen LogP contribution in [0, 0.1) is 0 Å². The number of rotatable bonds is 1. The first-order valence-corrected chi connectivity index (χ1v) is 3.69. The van der Waals surface area contributed by atoms with Gasteiger partial charge in [-0.05, 0) is 6.92 Å². The Morgan fingerprint density at radius 1 is 1.25 bits per heavy atom. The van der Waals surface area contributed by atoms with Gasteiger partial charge in [0, 0.05) is 5.57 Å². The van der Waals surface area contributed by atoms with E-state index in [1.54, 1.807) is 0 Å². The van der Waals surface area contributed by atoms with E-state index in [2.05, 4.69) is 6.58 Å². The average Bonchev–Trinajstić information content (AvgIpc) is 2.08. The second kappa shape index (κ2) is 6.82. The fraction of sp³-hybridized carbons (Fsp3) is 0.625. The van der Waals surface area contributed by atoms with E-state index in [9.17, 15) is 4.79 Å². The molecule has 1 saturated heterocycles. The van der Waals surface area contributed by atoms with Gasteiger partial charge >= 0.3 is 5.97 Å². The van der Waals surface area contributed by atoms with Crippen LogP contribution in [0.5, 0.6) is 0 Å². The summed E-state index contributed by atoms with van der Waals surface area (Å²) in [4.78, 5) is 9.60. The average molecular weight is 174 g/mol. The molecule has 0 amide bonds. The molecule has 1 fully saturated rings. The van der Waals surface area contributed by atoms with Crippen molar-refractivity contribution >= 4 is 5.97 Å². The minimum atomic E-state index is -0.935. The standard InChI is InChI=1S/C4H8O2.C4H6O2/c1-2-6-4-3-5-1;1-3(2)4(5)6/h1-4H2;1H2,2H3,(H,5,6). The van der Waals surface area contributed by atoms with Crippen LogP contribution in [-0.2, 0) is 14.3 Å². The largest absolute Gasteiger partial charge is 0.478 e. The van der Waals surface area contributed by atoms with Crippen LogP contribution in [0.3, 0.4) is 0 Å². The number of carboxylic acid groups (broad SMARTS) is 1. The lowest BCUT2D eigenvalue weighted by molar-refractivity contribution is -0.132. The molecule has 0 spiro atoms. The molecular weight excluding hydrogens is 160 g/mol. The third kappa shape index (κ3) is 7.24. The quantitative estimate of drug-likeness (QED) is 0.594. The van der Waals surface area contributed by atoms with Gasteiger partial charge in [0.1, 0.15) is 0 Å². The minimum Gasteiger partial charge on any atom is -0.478 e. The Morgan fingerprint density at radius 2 is 1.50 bits per heavy atom. The van der Waals surface area contributed by atoms with Gasteiger partial charge in [-0.3, -0.25) is 0 Å². The van der Waals surface area contributed by atoms with Crippen molar-refractivity contribution in [1.29, 1.82) is 0 Å². The highest BCUT2D eigenvalue weighted by molar-refractivity contribution is 5.84. The zero-order valence-electron chi connectivity index (χ0n) is 7.21. The summed E-state index contributed by atoms with van der Waals surface area (Å²) in [5.74, 6) is -0.935. The first-order chi connectivity index (χ1) is 5.64. The highest BCUT2D eigenvalue weighted by Crippen LogP contribution is 1.85. The van der Waals surface area contributed by atoms with E-state index in [1.165, 1.54) is 6.92 Å². The van der Waals surface area contributed by atoms with Crippen LogP contribution in [-0.4, -0.2) is 37.5 Å². The summed E-state index contributed by atoms with van der Waals surface area (Å²) in [5, 5.41) is 7.89. The molecule has 1 aliphatic heterocycles. The second-order valence-electron chi connectivity index (χ2n) is 2.31. The summed E-state index contributed by atoms with van der Waals surface area (Å²) >= 11 is 0. The Bertz CT molecular complexity index is 126. The molecule has 0 aromatic carbocycles. The molecule has 1 N–H and O–H groups in total. The van der Waals surface area contributed by atoms with Gasteiger partial charge in [-0.15, -0.1) is 0 Å². The van der Waals surface area contributed by atoms with E-state index in [-0.39, 0.29) is 5.57 Å². The predicted octanol–water partition coefficient (Wildman–Crippen LogP) is 0.680. The molecule has 70 valence electrons. The van der Waals surface area contributed by atoms with Gasteiger partial charge < -0.3 is 14.6 Å². The fourth-order valence-corrected chi connectivity index (χ4v) is 0.440. The Kier molecular flexibility index (Phi) is 6.32. The number of carbonyl (C=O) groups is 1. The van der Waals surface area contributed by atoms with Crippen molar-refractivity contribution < 1.29 is 19.4 Å². The number of hydrogen-bond acceptors (Lipinski definition) is 3. The SMILES string of the molecule is C1COCCO1.C=C(C)C(=O)O. The van der Waals surface area contributed by atoms with Gasteiger partial charge in [-0.2, -0.15) is 0 Å². The summed E-state index contributed by atoms with van der Waals surface area (Å²) in [5.41, 5.74) is 0.176. The molecule has 0 aliphatic carbocycles. The van der Waals surface area contributed by atoms with Crippen LogP contribution < -0.4 is 0 Å². The van der Waals surface area contributed by atoms with Gasteiger partial charge in [0.15, 0.2) is 0 Å². The number of hydrogen-bond donors (Lipinski definition) is 1. The topological polar surface area (TPSA) is 55.8 Å². The van der Waals surface area contributed by atoms with E-state index in [0.29, 0.717) is 0 Å². The lowest BCUT2D eigenvalue weighted by Crippen LogP contribution is -2.16. The molecule has 12 heavy (non-hydrogen) atoms. The maximum atomic E-state index is 9.60. The summed E-state index contributed by atoms with van der Waals surface area (Å²) < 4.78 is 9.89. The number of carboxylic acids is 1. The summed E-state index contributed by atoms with van der Waals surface area (Å²) in [6.07, 6.45) is 0.